The Labute approximate surface area is 173 Å². The van der Waals surface area contributed by atoms with Gasteiger partial charge in [0.1, 0.15) is 18.1 Å². The van der Waals surface area contributed by atoms with Crippen LogP contribution in [0.4, 0.5) is 4.39 Å². The molecule has 0 N–H and O–H groups in total. The third kappa shape index (κ3) is 4.90. The fourth-order valence-electron chi connectivity index (χ4n) is 3.15. The SMILES string of the molecule is CCCCn1c(=O)c(CCC(=O)OCc2cc(C#N)ccc2F)nc2ccccc21. The molecule has 0 radical (unpaired) electrons. The highest BCUT2D eigenvalue weighted by atomic mass is 19.1. The van der Waals surface area contributed by atoms with Crippen molar-refractivity contribution in [3.63, 3.8) is 0 Å². The van der Waals surface area contributed by atoms with E-state index in [1.54, 1.807) is 4.57 Å². The van der Waals surface area contributed by atoms with Crippen LogP contribution in [0.1, 0.15) is 43.0 Å². The van der Waals surface area contributed by atoms with Crippen LogP contribution in [0.5, 0.6) is 0 Å². The first-order chi connectivity index (χ1) is 14.5. The molecule has 7 heteroatoms. The Bertz CT molecular complexity index is 1160. The number of rotatable bonds is 8. The van der Waals surface area contributed by atoms with Gasteiger partial charge in [-0.25, -0.2) is 9.37 Å². The number of aromatic nitrogens is 2. The number of hydrogen-bond acceptors (Lipinski definition) is 5. The van der Waals surface area contributed by atoms with E-state index in [1.807, 2.05) is 30.3 Å². The van der Waals surface area contributed by atoms with Gasteiger partial charge in [0.05, 0.1) is 29.1 Å². The highest BCUT2D eigenvalue weighted by molar-refractivity contribution is 5.75. The predicted octanol–water partition coefficient (Wildman–Crippen LogP) is 3.88. The minimum Gasteiger partial charge on any atom is -0.461 e. The van der Waals surface area contributed by atoms with Crippen LogP contribution < -0.4 is 5.56 Å². The molecule has 0 saturated heterocycles. The van der Waals surface area contributed by atoms with Gasteiger partial charge in [0.2, 0.25) is 0 Å². The van der Waals surface area contributed by atoms with Gasteiger partial charge in [-0.05, 0) is 36.8 Å². The van der Waals surface area contributed by atoms with Crippen LogP contribution in [0, 0.1) is 17.1 Å². The molecule has 2 aromatic carbocycles. The van der Waals surface area contributed by atoms with Crippen LogP contribution in [-0.4, -0.2) is 15.5 Å². The minimum absolute atomic E-state index is 0.0477. The van der Waals surface area contributed by atoms with E-state index in [1.165, 1.54) is 18.2 Å². The monoisotopic (exact) mass is 407 g/mol. The first-order valence-corrected chi connectivity index (χ1v) is 9.86. The van der Waals surface area contributed by atoms with Gasteiger partial charge in [-0.3, -0.25) is 9.59 Å². The van der Waals surface area contributed by atoms with Crippen molar-refractivity contribution in [1.29, 1.82) is 5.26 Å². The topological polar surface area (TPSA) is 85.0 Å². The maximum atomic E-state index is 13.8. The number of carbonyl (C=O) groups excluding carboxylic acids is 1. The van der Waals surface area contributed by atoms with Crippen molar-refractivity contribution in [2.24, 2.45) is 0 Å². The number of carbonyl (C=O) groups is 1. The zero-order chi connectivity index (χ0) is 21.5. The van der Waals surface area contributed by atoms with Gasteiger partial charge < -0.3 is 9.30 Å². The number of nitrogens with zero attached hydrogens (tertiary/aromatic N) is 3. The average molecular weight is 407 g/mol. The maximum absolute atomic E-state index is 13.8. The summed E-state index contributed by atoms with van der Waals surface area (Å²) in [5.74, 6) is -1.11. The maximum Gasteiger partial charge on any atom is 0.306 e. The highest BCUT2D eigenvalue weighted by Crippen LogP contribution is 2.14. The van der Waals surface area contributed by atoms with E-state index in [9.17, 15) is 14.0 Å². The molecule has 3 aromatic rings. The Balaban J connectivity index is 1.71. The van der Waals surface area contributed by atoms with E-state index in [0.29, 0.717) is 17.8 Å². The van der Waals surface area contributed by atoms with Gasteiger partial charge in [0, 0.05) is 18.5 Å². The van der Waals surface area contributed by atoms with Crippen molar-refractivity contribution >= 4 is 17.0 Å². The molecular weight excluding hydrogens is 385 g/mol. The van der Waals surface area contributed by atoms with Gasteiger partial charge in [-0.1, -0.05) is 25.5 Å². The van der Waals surface area contributed by atoms with E-state index in [0.717, 1.165) is 18.4 Å². The summed E-state index contributed by atoms with van der Waals surface area (Å²) in [5, 5.41) is 8.90. The molecule has 0 bridgehead atoms. The van der Waals surface area contributed by atoms with Gasteiger partial charge in [0.25, 0.3) is 5.56 Å². The Morgan fingerprint density at radius 1 is 1.27 bits per heavy atom. The third-order valence-corrected chi connectivity index (χ3v) is 4.78. The Morgan fingerprint density at radius 2 is 2.07 bits per heavy atom. The summed E-state index contributed by atoms with van der Waals surface area (Å²) < 4.78 is 20.6. The number of fused-ring (bicyclic) bond motifs is 1. The molecular formula is C23H22FN3O3. The van der Waals surface area contributed by atoms with E-state index in [2.05, 4.69) is 11.9 Å². The number of unbranched alkanes of at least 4 members (excludes halogenated alkanes) is 1. The lowest BCUT2D eigenvalue weighted by molar-refractivity contribution is -0.145. The molecule has 1 heterocycles. The van der Waals surface area contributed by atoms with Crippen LogP contribution in [0.3, 0.4) is 0 Å². The molecule has 0 aliphatic heterocycles. The van der Waals surface area contributed by atoms with Crippen LogP contribution in [0.25, 0.3) is 11.0 Å². The smallest absolute Gasteiger partial charge is 0.306 e. The standard InChI is InChI=1S/C23H22FN3O3/c1-2-3-12-27-21-7-5-4-6-19(21)26-20(23(27)29)10-11-22(28)30-15-17-13-16(14-25)8-9-18(17)24/h4-9,13H,2-3,10-12,15H2,1H3. The molecule has 0 fully saturated rings. The summed E-state index contributed by atoms with van der Waals surface area (Å²) in [6.07, 6.45) is 1.90. The normalized spacial score (nSPS) is 10.7. The summed E-state index contributed by atoms with van der Waals surface area (Å²) in [4.78, 5) is 29.4. The fourth-order valence-corrected chi connectivity index (χ4v) is 3.15. The second-order valence-corrected chi connectivity index (χ2v) is 6.94. The van der Waals surface area contributed by atoms with Crippen molar-refractivity contribution in [3.05, 3.63) is 75.5 Å². The van der Waals surface area contributed by atoms with E-state index in [4.69, 9.17) is 10.00 Å². The van der Waals surface area contributed by atoms with Crippen LogP contribution in [-0.2, 0) is 29.1 Å². The first-order valence-electron chi connectivity index (χ1n) is 9.86. The number of aryl methyl sites for hydroxylation is 2. The number of benzene rings is 2. The molecule has 6 nitrogen and oxygen atoms in total. The number of esters is 1. The summed E-state index contributed by atoms with van der Waals surface area (Å²) in [5.41, 5.74) is 1.99. The lowest BCUT2D eigenvalue weighted by Crippen LogP contribution is -2.26. The second kappa shape index (κ2) is 9.79. The van der Waals surface area contributed by atoms with Crippen LogP contribution in [0.15, 0.2) is 47.3 Å². The Kier molecular flexibility index (Phi) is 6.91. The van der Waals surface area contributed by atoms with Crippen LogP contribution in [0.2, 0.25) is 0 Å². The van der Waals surface area contributed by atoms with Crippen molar-refractivity contribution < 1.29 is 13.9 Å². The van der Waals surface area contributed by atoms with E-state index < -0.39 is 11.8 Å². The largest absolute Gasteiger partial charge is 0.461 e. The lowest BCUT2D eigenvalue weighted by atomic mass is 10.1. The number of halogens is 1. The lowest BCUT2D eigenvalue weighted by Gasteiger charge is -2.12. The zero-order valence-corrected chi connectivity index (χ0v) is 16.7. The number of nitriles is 1. The molecule has 0 aliphatic rings. The van der Waals surface area contributed by atoms with Crippen molar-refractivity contribution in [2.75, 3.05) is 0 Å². The molecule has 0 unspecified atom stereocenters. The van der Waals surface area contributed by atoms with Gasteiger partial charge in [0.15, 0.2) is 0 Å². The van der Waals surface area contributed by atoms with Gasteiger partial charge in [-0.2, -0.15) is 5.26 Å². The zero-order valence-electron chi connectivity index (χ0n) is 16.7. The molecule has 0 amide bonds. The molecule has 1 aromatic heterocycles. The van der Waals surface area contributed by atoms with E-state index >= 15 is 0 Å². The van der Waals surface area contributed by atoms with Gasteiger partial charge in [-0.15, -0.1) is 0 Å². The van der Waals surface area contributed by atoms with Gasteiger partial charge >= 0.3 is 5.97 Å². The number of hydrogen-bond donors (Lipinski definition) is 0. The summed E-state index contributed by atoms with van der Waals surface area (Å²) in [7, 11) is 0. The molecule has 0 saturated carbocycles. The van der Waals surface area contributed by atoms with Crippen molar-refractivity contribution in [2.45, 2.75) is 45.8 Å². The highest BCUT2D eigenvalue weighted by Gasteiger charge is 2.14. The predicted molar refractivity (Wildman–Crippen MR) is 110 cm³/mol. The number of ether oxygens (including phenoxy) is 1. The molecule has 0 aliphatic carbocycles. The first kappa shape index (κ1) is 21.2. The van der Waals surface area contributed by atoms with Crippen molar-refractivity contribution in [3.8, 4) is 6.07 Å². The Morgan fingerprint density at radius 3 is 2.83 bits per heavy atom. The third-order valence-electron chi connectivity index (χ3n) is 4.78. The van der Waals surface area contributed by atoms with E-state index in [-0.39, 0.29) is 36.1 Å². The number of para-hydroxylation sites is 2. The molecule has 154 valence electrons. The molecule has 3 rings (SSSR count). The molecule has 0 spiro atoms. The molecule has 0 atom stereocenters. The van der Waals surface area contributed by atoms with Crippen molar-refractivity contribution in [1.82, 2.24) is 9.55 Å². The average Bonchev–Trinajstić information content (AvgIpc) is 2.76. The molecule has 30 heavy (non-hydrogen) atoms. The Hall–Kier alpha value is -3.53. The fraction of sp³-hybridized carbons (Fsp3) is 0.304. The van der Waals surface area contributed by atoms with Crippen LogP contribution >= 0.6 is 0 Å². The summed E-state index contributed by atoms with van der Waals surface area (Å²) in [6.45, 7) is 2.37. The summed E-state index contributed by atoms with van der Waals surface area (Å²) >= 11 is 0. The minimum atomic E-state index is -0.564. The quantitative estimate of drug-likeness (QED) is 0.529. The second-order valence-electron chi connectivity index (χ2n) is 6.94. The summed E-state index contributed by atoms with van der Waals surface area (Å²) in [6, 6.07) is 13.2.